The second-order valence-electron chi connectivity index (χ2n) is 5.83. The average molecular weight is 367 g/mol. The molecule has 0 amide bonds. The van der Waals surface area contributed by atoms with Crippen LogP contribution in [0.1, 0.15) is 16.7 Å². The molecule has 1 aliphatic rings. The smallest absolute Gasteiger partial charge is 0.294 e. The summed E-state index contributed by atoms with van der Waals surface area (Å²) in [5, 5.41) is 12.4. The van der Waals surface area contributed by atoms with Gasteiger partial charge in [0.05, 0.1) is 4.90 Å². The molecular weight excluding hydrogens is 350 g/mol. The first-order valence-electron chi connectivity index (χ1n) is 7.87. The van der Waals surface area contributed by atoms with Crippen LogP contribution in [0.15, 0.2) is 82.8 Å². The number of rotatable bonds is 1. The van der Waals surface area contributed by atoms with E-state index >= 15 is 0 Å². The normalized spacial score (nSPS) is 11.8. The fourth-order valence-corrected chi connectivity index (χ4v) is 3.29. The average Bonchev–Trinajstić information content (AvgIpc) is 2.96. The minimum Gasteiger partial charge on any atom is -0.410 e. The molecule has 3 aromatic carbocycles. The Kier molecular flexibility index (Phi) is 4.88. The van der Waals surface area contributed by atoms with E-state index in [1.165, 1.54) is 12.1 Å². The predicted molar refractivity (Wildman–Crippen MR) is 100 cm³/mol. The molecule has 0 saturated heterocycles. The van der Waals surface area contributed by atoms with Gasteiger partial charge in [0.15, 0.2) is 0 Å². The van der Waals surface area contributed by atoms with Crippen molar-refractivity contribution < 1.29 is 18.2 Å². The van der Waals surface area contributed by atoms with Crippen molar-refractivity contribution in [3.63, 3.8) is 0 Å². The summed E-state index contributed by atoms with van der Waals surface area (Å²) in [4.78, 5) is -0.0666. The Morgan fingerprint density at radius 2 is 1.15 bits per heavy atom. The third-order valence-electron chi connectivity index (χ3n) is 4.07. The highest BCUT2D eigenvalue weighted by atomic mass is 32.2. The van der Waals surface area contributed by atoms with E-state index in [2.05, 4.69) is 5.16 Å². The zero-order valence-corrected chi connectivity index (χ0v) is 14.8. The van der Waals surface area contributed by atoms with Crippen LogP contribution >= 0.6 is 0 Å². The highest BCUT2D eigenvalue weighted by Gasteiger charge is 2.23. The number of fused-ring (bicyclic) bond motifs is 3. The predicted octanol–water partition coefficient (Wildman–Crippen LogP) is 4.14. The van der Waals surface area contributed by atoms with Crippen LogP contribution in [0.4, 0.5) is 0 Å². The standard InChI is InChI=1S/C13H9NO.C7H8O3S/c15-14-13-11-7-3-1-5-9(11)10-6-2-4-8-12(10)13;1-6-2-4-7(5-3-6)11(8,9)10/h1-8,15H;2-5H,1H3,(H,8,9,10). The summed E-state index contributed by atoms with van der Waals surface area (Å²) >= 11 is 0. The first-order valence-corrected chi connectivity index (χ1v) is 9.31. The van der Waals surface area contributed by atoms with Crippen molar-refractivity contribution in [2.45, 2.75) is 11.8 Å². The van der Waals surface area contributed by atoms with E-state index in [0.717, 1.165) is 27.8 Å². The quantitative estimate of drug-likeness (QED) is 0.301. The first-order chi connectivity index (χ1) is 12.4. The lowest BCUT2D eigenvalue weighted by atomic mass is 10.1. The van der Waals surface area contributed by atoms with E-state index in [-0.39, 0.29) is 4.90 Å². The number of aryl methyl sites for hydroxylation is 1. The molecule has 0 bridgehead atoms. The molecule has 26 heavy (non-hydrogen) atoms. The molecule has 4 rings (SSSR count). The molecule has 132 valence electrons. The SMILES string of the molecule is Cc1ccc(S(=O)(=O)O)cc1.ON=C1c2ccccc2-c2ccccc21. The summed E-state index contributed by atoms with van der Waals surface area (Å²) in [6.45, 7) is 1.84. The molecule has 0 saturated carbocycles. The topological polar surface area (TPSA) is 87.0 Å². The van der Waals surface area contributed by atoms with Crippen molar-refractivity contribution in [2.24, 2.45) is 5.16 Å². The van der Waals surface area contributed by atoms with E-state index < -0.39 is 10.1 Å². The van der Waals surface area contributed by atoms with Gasteiger partial charge in [-0.15, -0.1) is 0 Å². The molecular formula is C20H17NO4S. The van der Waals surface area contributed by atoms with Crippen LogP contribution in [0.25, 0.3) is 11.1 Å². The van der Waals surface area contributed by atoms with Gasteiger partial charge in [-0.2, -0.15) is 8.42 Å². The van der Waals surface area contributed by atoms with E-state index in [4.69, 9.17) is 9.76 Å². The van der Waals surface area contributed by atoms with Gasteiger partial charge in [-0.1, -0.05) is 71.4 Å². The minimum atomic E-state index is -4.02. The second-order valence-corrected chi connectivity index (χ2v) is 7.25. The zero-order valence-electron chi connectivity index (χ0n) is 14.0. The maximum absolute atomic E-state index is 10.5. The Balaban J connectivity index is 0.000000160. The van der Waals surface area contributed by atoms with Crippen LogP contribution in [0.3, 0.4) is 0 Å². The first kappa shape index (κ1) is 17.8. The summed E-state index contributed by atoms with van der Waals surface area (Å²) in [7, 11) is -4.02. The van der Waals surface area contributed by atoms with Gasteiger partial charge in [0.2, 0.25) is 0 Å². The molecule has 0 spiro atoms. The molecule has 5 nitrogen and oxygen atoms in total. The van der Waals surface area contributed by atoms with Gasteiger partial charge in [0.1, 0.15) is 5.71 Å². The van der Waals surface area contributed by atoms with Gasteiger partial charge >= 0.3 is 0 Å². The minimum absolute atomic E-state index is 0.0666. The lowest BCUT2D eigenvalue weighted by Gasteiger charge is -1.96. The molecule has 0 unspecified atom stereocenters. The Labute approximate surface area is 152 Å². The van der Waals surface area contributed by atoms with E-state index in [9.17, 15) is 8.42 Å². The Bertz CT molecular complexity index is 1020. The highest BCUT2D eigenvalue weighted by Crippen LogP contribution is 2.36. The van der Waals surface area contributed by atoms with E-state index in [1.807, 2.05) is 55.5 Å². The molecule has 6 heteroatoms. The molecule has 0 aromatic heterocycles. The number of hydrogen-bond acceptors (Lipinski definition) is 4. The Morgan fingerprint density at radius 1 is 0.731 bits per heavy atom. The summed E-state index contributed by atoms with van der Waals surface area (Å²) in [6.07, 6.45) is 0. The molecule has 0 heterocycles. The molecule has 0 radical (unpaired) electrons. The monoisotopic (exact) mass is 367 g/mol. The second kappa shape index (κ2) is 7.11. The van der Waals surface area contributed by atoms with Crippen LogP contribution in [0.2, 0.25) is 0 Å². The lowest BCUT2D eigenvalue weighted by molar-refractivity contribution is 0.320. The molecule has 2 N–H and O–H groups in total. The van der Waals surface area contributed by atoms with Gasteiger partial charge in [-0.25, -0.2) is 0 Å². The highest BCUT2D eigenvalue weighted by molar-refractivity contribution is 7.85. The van der Waals surface area contributed by atoms with Crippen LogP contribution in [0, 0.1) is 6.92 Å². The van der Waals surface area contributed by atoms with Gasteiger partial charge in [-0.3, -0.25) is 4.55 Å². The number of hydrogen-bond donors (Lipinski definition) is 2. The third kappa shape index (κ3) is 3.51. The lowest BCUT2D eigenvalue weighted by Crippen LogP contribution is -1.96. The van der Waals surface area contributed by atoms with Crippen molar-refractivity contribution in [3.05, 3.63) is 89.5 Å². The van der Waals surface area contributed by atoms with Crippen LogP contribution in [0.5, 0.6) is 0 Å². The van der Waals surface area contributed by atoms with Gasteiger partial charge in [0.25, 0.3) is 10.1 Å². The summed E-state index contributed by atoms with van der Waals surface area (Å²) < 4.78 is 29.6. The summed E-state index contributed by atoms with van der Waals surface area (Å²) in [5.41, 5.74) is 5.91. The fourth-order valence-electron chi connectivity index (χ4n) is 2.81. The van der Waals surface area contributed by atoms with E-state index in [0.29, 0.717) is 5.71 Å². The maximum atomic E-state index is 10.5. The summed E-state index contributed by atoms with van der Waals surface area (Å²) in [5.74, 6) is 0. The molecule has 1 aliphatic carbocycles. The molecule has 0 fully saturated rings. The van der Waals surface area contributed by atoms with Crippen molar-refractivity contribution in [2.75, 3.05) is 0 Å². The van der Waals surface area contributed by atoms with Crippen LogP contribution in [-0.4, -0.2) is 23.9 Å². The molecule has 0 atom stereocenters. The van der Waals surface area contributed by atoms with Crippen LogP contribution in [-0.2, 0) is 10.1 Å². The van der Waals surface area contributed by atoms with Crippen molar-refractivity contribution in [3.8, 4) is 11.1 Å². The van der Waals surface area contributed by atoms with Crippen LogP contribution < -0.4 is 0 Å². The van der Waals surface area contributed by atoms with Crippen molar-refractivity contribution >= 4 is 15.8 Å². The largest absolute Gasteiger partial charge is 0.410 e. The van der Waals surface area contributed by atoms with Crippen molar-refractivity contribution in [1.29, 1.82) is 0 Å². The fraction of sp³-hybridized carbons (Fsp3) is 0.0500. The Morgan fingerprint density at radius 3 is 1.54 bits per heavy atom. The zero-order chi connectivity index (χ0) is 18.7. The molecule has 0 aliphatic heterocycles. The van der Waals surface area contributed by atoms with E-state index in [1.54, 1.807) is 12.1 Å². The number of oxime groups is 1. The van der Waals surface area contributed by atoms with Gasteiger partial charge in [0, 0.05) is 11.1 Å². The maximum Gasteiger partial charge on any atom is 0.294 e. The number of benzene rings is 3. The number of nitrogens with zero attached hydrogens (tertiary/aromatic N) is 1. The Hall–Kier alpha value is -2.96. The third-order valence-corrected chi connectivity index (χ3v) is 4.94. The van der Waals surface area contributed by atoms with Gasteiger partial charge < -0.3 is 5.21 Å². The molecule has 3 aromatic rings. The van der Waals surface area contributed by atoms with Gasteiger partial charge in [-0.05, 0) is 30.2 Å². The summed E-state index contributed by atoms with van der Waals surface area (Å²) in [6, 6.07) is 21.9. The van der Waals surface area contributed by atoms with Crippen molar-refractivity contribution in [1.82, 2.24) is 0 Å².